The van der Waals surface area contributed by atoms with Crippen LogP contribution in [0.15, 0.2) is 0 Å². The molecule has 12 nitrogen and oxygen atoms in total. The molecule has 4 fully saturated rings. The molecule has 13 heteroatoms. The van der Waals surface area contributed by atoms with Crippen molar-refractivity contribution in [3.8, 4) is 0 Å². The molecule has 4 aliphatic carbocycles. The second kappa shape index (κ2) is 13.9. The molecule has 0 aromatic heterocycles. The molecule has 4 aliphatic rings. The minimum atomic E-state index is -4.13. The first-order valence-electron chi connectivity index (χ1n) is 17.1. The van der Waals surface area contributed by atoms with E-state index in [9.17, 15) is 33.0 Å². The summed E-state index contributed by atoms with van der Waals surface area (Å²) in [6, 6.07) is -0.0458. The lowest BCUT2D eigenvalue weighted by Crippen LogP contribution is -2.63. The molecule has 3 amide bonds. The number of carbonyl (C=O) groups is 3. The molecule has 0 unspecified atom stereocenters. The fourth-order valence-electron chi connectivity index (χ4n) is 10.00. The van der Waals surface area contributed by atoms with E-state index >= 15 is 0 Å². The third kappa shape index (κ3) is 8.18. The highest BCUT2D eigenvalue weighted by Crippen LogP contribution is 2.68. The van der Waals surface area contributed by atoms with Crippen LogP contribution in [0.4, 0.5) is 4.79 Å². The Bertz CT molecular complexity index is 1240. The Kier molecular flexibility index (Phi) is 11.1. The number of ether oxygens (including phenoxy) is 1. The van der Waals surface area contributed by atoms with Gasteiger partial charge < -0.3 is 30.9 Å². The summed E-state index contributed by atoms with van der Waals surface area (Å²) in [7, 11) is -4.13. The number of hydrogen-bond donors (Lipinski definition) is 6. The molecule has 0 spiro atoms. The zero-order valence-electron chi connectivity index (χ0n) is 28.4. The van der Waals surface area contributed by atoms with Crippen LogP contribution in [-0.4, -0.2) is 83.8 Å². The Labute approximate surface area is 274 Å². The Morgan fingerprint density at radius 2 is 1.67 bits per heavy atom. The van der Waals surface area contributed by atoms with Crippen LogP contribution in [0, 0.1) is 46.3 Å². The maximum atomic E-state index is 12.7. The van der Waals surface area contributed by atoms with Gasteiger partial charge in [-0.15, -0.1) is 0 Å². The SMILES string of the molecule is C[C@H](CCC(=O)NCCS(=O)(=O)O)[C@H]1CC[C@H]2[C@@H]3[C@H](O)C[C@@H]4C[C@@H](NC(=O)CNC(=O)OC(C)(C)C)CC[C@]4(C)[C@H]3C[C@H](O)[C@]12C. The van der Waals surface area contributed by atoms with E-state index in [4.69, 9.17) is 9.29 Å². The smallest absolute Gasteiger partial charge is 0.408 e. The molecule has 4 saturated carbocycles. The molecule has 264 valence electrons. The third-order valence-corrected chi connectivity index (χ3v) is 12.9. The van der Waals surface area contributed by atoms with E-state index in [-0.39, 0.29) is 83.7 Å². The maximum absolute atomic E-state index is 12.7. The first-order chi connectivity index (χ1) is 21.2. The number of aliphatic hydroxyl groups excluding tert-OH is 2. The highest BCUT2D eigenvalue weighted by Gasteiger charge is 2.65. The van der Waals surface area contributed by atoms with E-state index in [1.165, 1.54) is 0 Å². The molecular formula is C33H57N3O9S. The molecule has 4 rings (SSSR count). The fraction of sp³-hybridized carbons (Fsp3) is 0.909. The number of rotatable bonds is 10. The van der Waals surface area contributed by atoms with E-state index in [0.717, 1.165) is 32.1 Å². The lowest BCUT2D eigenvalue weighted by atomic mass is 9.43. The van der Waals surface area contributed by atoms with Crippen molar-refractivity contribution in [3.05, 3.63) is 0 Å². The molecule has 0 aromatic rings. The van der Waals surface area contributed by atoms with Crippen LogP contribution in [0.3, 0.4) is 0 Å². The van der Waals surface area contributed by atoms with Crippen LogP contribution in [0.5, 0.6) is 0 Å². The highest BCUT2D eigenvalue weighted by molar-refractivity contribution is 7.85. The normalized spacial score (nSPS) is 38.0. The maximum Gasteiger partial charge on any atom is 0.408 e. The van der Waals surface area contributed by atoms with Crippen molar-refractivity contribution in [1.29, 1.82) is 0 Å². The third-order valence-electron chi connectivity index (χ3n) is 12.2. The Hall–Kier alpha value is -1.96. The first kappa shape index (κ1) is 36.9. The topological polar surface area (TPSA) is 191 Å². The molecule has 0 aliphatic heterocycles. The number of nitrogens with one attached hydrogen (secondary N) is 3. The fourth-order valence-corrected chi connectivity index (χ4v) is 10.4. The molecule has 0 heterocycles. The minimum absolute atomic E-state index is 0.0458. The van der Waals surface area contributed by atoms with Crippen molar-refractivity contribution < 1.29 is 42.3 Å². The Balaban J connectivity index is 1.35. The van der Waals surface area contributed by atoms with E-state index in [2.05, 4.69) is 36.7 Å². The van der Waals surface area contributed by atoms with E-state index in [1.54, 1.807) is 20.8 Å². The van der Waals surface area contributed by atoms with Gasteiger partial charge in [-0.25, -0.2) is 4.79 Å². The average Bonchev–Trinajstić information content (AvgIpc) is 3.29. The van der Waals surface area contributed by atoms with Crippen molar-refractivity contribution >= 4 is 28.0 Å². The number of carbonyl (C=O) groups excluding carboxylic acids is 3. The van der Waals surface area contributed by atoms with E-state index in [1.807, 2.05) is 0 Å². The minimum Gasteiger partial charge on any atom is -0.444 e. The molecule has 0 aromatic carbocycles. The van der Waals surface area contributed by atoms with Crippen LogP contribution < -0.4 is 16.0 Å². The van der Waals surface area contributed by atoms with Gasteiger partial charge in [0.2, 0.25) is 11.8 Å². The predicted molar refractivity (Wildman–Crippen MR) is 172 cm³/mol. The molecule has 0 radical (unpaired) electrons. The zero-order chi connectivity index (χ0) is 34.2. The Morgan fingerprint density at radius 3 is 2.33 bits per heavy atom. The van der Waals surface area contributed by atoms with Crippen molar-refractivity contribution in [1.82, 2.24) is 16.0 Å². The zero-order valence-corrected chi connectivity index (χ0v) is 29.2. The number of amides is 3. The van der Waals surface area contributed by atoms with Gasteiger partial charge in [0, 0.05) is 19.0 Å². The molecule has 0 saturated heterocycles. The van der Waals surface area contributed by atoms with Gasteiger partial charge in [-0.3, -0.25) is 14.1 Å². The number of aliphatic hydroxyl groups is 2. The standard InChI is InChI=1S/C33H57N3O9S/c1-19(7-10-27(39)34-13-14-46(42,43)44)22-8-9-23-29-24(17-26(38)33(22,23)6)32(5)12-11-21(15-20(32)16-25(29)37)36-28(40)18-35-30(41)45-31(2,3)4/h19-26,29,37-38H,7-18H2,1-6H3,(H,34,39)(H,35,41)(H,36,40)(H,42,43,44)/t19-,20+,21+,22-,23+,24+,25-,26+,29+,32+,33-/m1/s1. The quantitative estimate of drug-likeness (QED) is 0.190. The van der Waals surface area contributed by atoms with Gasteiger partial charge in [-0.2, -0.15) is 8.42 Å². The summed E-state index contributed by atoms with van der Waals surface area (Å²) in [6.45, 7) is 11.6. The van der Waals surface area contributed by atoms with Gasteiger partial charge in [-0.05, 0) is 118 Å². The van der Waals surface area contributed by atoms with Gasteiger partial charge in [0.15, 0.2) is 0 Å². The summed E-state index contributed by atoms with van der Waals surface area (Å²) in [5.41, 5.74) is -1.09. The van der Waals surface area contributed by atoms with Gasteiger partial charge in [0.25, 0.3) is 10.1 Å². The largest absolute Gasteiger partial charge is 0.444 e. The summed E-state index contributed by atoms with van der Waals surface area (Å²) >= 11 is 0. The van der Waals surface area contributed by atoms with Crippen molar-refractivity contribution in [2.45, 2.75) is 123 Å². The van der Waals surface area contributed by atoms with Crippen LogP contribution in [0.25, 0.3) is 0 Å². The van der Waals surface area contributed by atoms with Crippen LogP contribution in [0.1, 0.15) is 99.3 Å². The summed E-state index contributed by atoms with van der Waals surface area (Å²) in [6.07, 6.45) is 4.75. The van der Waals surface area contributed by atoms with Crippen molar-refractivity contribution in [2.75, 3.05) is 18.8 Å². The molecule has 11 atom stereocenters. The van der Waals surface area contributed by atoms with Gasteiger partial charge in [0.05, 0.1) is 18.0 Å². The predicted octanol–water partition coefficient (Wildman–Crippen LogP) is 3.02. The number of fused-ring (bicyclic) bond motifs is 5. The van der Waals surface area contributed by atoms with E-state index < -0.39 is 39.8 Å². The molecular weight excluding hydrogens is 614 g/mol. The van der Waals surface area contributed by atoms with E-state index in [0.29, 0.717) is 19.3 Å². The monoisotopic (exact) mass is 671 g/mol. The van der Waals surface area contributed by atoms with Crippen molar-refractivity contribution in [3.63, 3.8) is 0 Å². The Morgan fingerprint density at radius 1 is 0.978 bits per heavy atom. The highest BCUT2D eigenvalue weighted by atomic mass is 32.2. The van der Waals surface area contributed by atoms with Crippen LogP contribution in [0.2, 0.25) is 0 Å². The second-order valence-electron chi connectivity index (χ2n) is 16.1. The molecule has 46 heavy (non-hydrogen) atoms. The average molecular weight is 672 g/mol. The number of hydrogen-bond acceptors (Lipinski definition) is 8. The van der Waals surface area contributed by atoms with Crippen molar-refractivity contribution in [2.24, 2.45) is 46.3 Å². The summed E-state index contributed by atoms with van der Waals surface area (Å²) in [5, 5.41) is 31.7. The van der Waals surface area contributed by atoms with Crippen LogP contribution >= 0.6 is 0 Å². The van der Waals surface area contributed by atoms with Crippen LogP contribution in [-0.2, 0) is 24.4 Å². The lowest BCUT2D eigenvalue weighted by molar-refractivity contribution is -0.202. The summed E-state index contributed by atoms with van der Waals surface area (Å²) < 4.78 is 36.0. The summed E-state index contributed by atoms with van der Waals surface area (Å²) in [5.74, 6) is -0.0712. The lowest BCUT2D eigenvalue weighted by Gasteiger charge is -2.63. The van der Waals surface area contributed by atoms with Gasteiger partial charge in [0.1, 0.15) is 12.1 Å². The first-order valence-corrected chi connectivity index (χ1v) is 18.7. The van der Waals surface area contributed by atoms with Gasteiger partial charge in [-0.1, -0.05) is 20.8 Å². The second-order valence-corrected chi connectivity index (χ2v) is 17.7. The number of alkyl carbamates (subject to hydrolysis) is 1. The summed E-state index contributed by atoms with van der Waals surface area (Å²) in [4.78, 5) is 37.0. The molecule has 0 bridgehead atoms. The van der Waals surface area contributed by atoms with Gasteiger partial charge >= 0.3 is 6.09 Å². The molecule has 6 N–H and O–H groups in total.